The second kappa shape index (κ2) is 8.61. The van der Waals surface area contributed by atoms with E-state index in [1.807, 2.05) is 0 Å². The minimum atomic E-state index is -3.65. The van der Waals surface area contributed by atoms with Crippen molar-refractivity contribution in [2.45, 2.75) is 18.4 Å². The highest BCUT2D eigenvalue weighted by Crippen LogP contribution is 2.35. The van der Waals surface area contributed by atoms with Gasteiger partial charge in [-0.25, -0.2) is 27.8 Å². The highest BCUT2D eigenvalue weighted by atomic mass is 32.2. The number of esters is 1. The Hall–Kier alpha value is -3.22. The van der Waals surface area contributed by atoms with Gasteiger partial charge in [-0.2, -0.15) is 0 Å². The molecule has 1 saturated heterocycles. The molecule has 1 aliphatic rings. The molecule has 1 aliphatic heterocycles. The molecule has 1 N–H and O–H groups in total. The Bertz CT molecular complexity index is 1280. The first-order valence-corrected chi connectivity index (χ1v) is 11.7. The Morgan fingerprint density at radius 2 is 1.85 bits per heavy atom. The van der Waals surface area contributed by atoms with Gasteiger partial charge in [0.25, 0.3) is 0 Å². The zero-order valence-corrected chi connectivity index (χ0v) is 18.8. The predicted molar refractivity (Wildman–Crippen MR) is 113 cm³/mol. The number of hydrogen-bond donors (Lipinski definition) is 1. The average Bonchev–Trinajstić information content (AvgIpc) is 3.24. The molecule has 174 valence electrons. The van der Waals surface area contributed by atoms with E-state index in [9.17, 15) is 17.6 Å². The number of hydrogen-bond acceptors (Lipinski definition) is 9. The molecule has 0 saturated carbocycles. The number of rotatable bonds is 5. The molecule has 3 heterocycles. The number of aromatic amines is 1. The van der Waals surface area contributed by atoms with Crippen molar-refractivity contribution in [3.63, 3.8) is 0 Å². The molecule has 0 aliphatic carbocycles. The lowest BCUT2D eigenvalue weighted by atomic mass is 9.92. The SMILES string of the molecule is COC(=O)C1(C)COC(c2nc(-c3ccc(F)cc3)c(-c3ccnc(S(C)(=O)=O)n3)[nH]2)OC1. The molecule has 0 atom stereocenters. The molecule has 12 heteroatoms. The van der Waals surface area contributed by atoms with E-state index in [0.717, 1.165) is 6.26 Å². The number of aromatic nitrogens is 4. The standard InChI is InChI=1S/C21H21FN4O6S/c1-21(19(27)30-2)10-31-18(32-11-21)17-25-15(12-4-6-13(22)7-5-12)16(26-17)14-8-9-23-20(24-14)33(3,28)29/h4-9,18H,10-11H2,1-3H3,(H,25,26). The normalized spacial score (nSPS) is 21.0. The number of carbonyl (C=O) groups is 1. The molecular weight excluding hydrogens is 455 g/mol. The Morgan fingerprint density at radius 3 is 2.45 bits per heavy atom. The number of halogens is 1. The highest BCUT2D eigenvalue weighted by molar-refractivity contribution is 7.90. The number of benzene rings is 1. The molecule has 10 nitrogen and oxygen atoms in total. The van der Waals surface area contributed by atoms with Crippen LogP contribution in [0.15, 0.2) is 41.7 Å². The third-order valence-corrected chi connectivity index (χ3v) is 5.93. The summed E-state index contributed by atoms with van der Waals surface area (Å²) >= 11 is 0. The van der Waals surface area contributed by atoms with Gasteiger partial charge in [0, 0.05) is 18.0 Å². The minimum Gasteiger partial charge on any atom is -0.468 e. The number of nitrogens with zero attached hydrogens (tertiary/aromatic N) is 3. The zero-order valence-electron chi connectivity index (χ0n) is 18.0. The van der Waals surface area contributed by atoms with E-state index in [-0.39, 0.29) is 29.9 Å². The highest BCUT2D eigenvalue weighted by Gasteiger charge is 2.41. The van der Waals surface area contributed by atoms with Crippen LogP contribution in [0.3, 0.4) is 0 Å². The van der Waals surface area contributed by atoms with E-state index in [0.29, 0.717) is 17.0 Å². The monoisotopic (exact) mass is 476 g/mol. The maximum absolute atomic E-state index is 13.5. The fourth-order valence-corrected chi connectivity index (χ4v) is 3.81. The van der Waals surface area contributed by atoms with Gasteiger partial charge in [0.2, 0.25) is 21.3 Å². The van der Waals surface area contributed by atoms with Crippen molar-refractivity contribution in [3.05, 3.63) is 48.2 Å². The summed E-state index contributed by atoms with van der Waals surface area (Å²) in [4.78, 5) is 27.6. The van der Waals surface area contributed by atoms with E-state index in [4.69, 9.17) is 14.2 Å². The molecule has 2 aromatic heterocycles. The fraction of sp³-hybridized carbons (Fsp3) is 0.333. The number of imidazole rings is 1. The van der Waals surface area contributed by atoms with Gasteiger partial charge < -0.3 is 19.2 Å². The third-order valence-electron chi connectivity index (χ3n) is 5.07. The summed E-state index contributed by atoms with van der Waals surface area (Å²) in [5, 5.41) is -0.347. The van der Waals surface area contributed by atoms with E-state index in [1.165, 1.54) is 43.6 Å². The van der Waals surface area contributed by atoms with Gasteiger partial charge in [-0.3, -0.25) is 4.79 Å². The van der Waals surface area contributed by atoms with Gasteiger partial charge in [-0.1, -0.05) is 0 Å². The summed E-state index contributed by atoms with van der Waals surface area (Å²) in [5.41, 5.74) is 0.619. The molecule has 0 radical (unpaired) electrons. The summed E-state index contributed by atoms with van der Waals surface area (Å²) in [6, 6.07) is 7.16. The largest absolute Gasteiger partial charge is 0.468 e. The van der Waals surface area contributed by atoms with Gasteiger partial charge in [0.15, 0.2) is 5.82 Å². The summed E-state index contributed by atoms with van der Waals surface area (Å²) in [7, 11) is -2.36. The molecule has 0 bridgehead atoms. The number of H-pyrrole nitrogens is 1. The molecule has 4 rings (SSSR count). The first-order valence-electron chi connectivity index (χ1n) is 9.82. The van der Waals surface area contributed by atoms with Crippen LogP contribution in [0, 0.1) is 11.2 Å². The van der Waals surface area contributed by atoms with Crippen molar-refractivity contribution in [1.82, 2.24) is 19.9 Å². The molecule has 33 heavy (non-hydrogen) atoms. The van der Waals surface area contributed by atoms with Gasteiger partial charge in [-0.05, 0) is 37.3 Å². The molecule has 1 fully saturated rings. The van der Waals surface area contributed by atoms with Crippen molar-refractivity contribution < 1.29 is 31.8 Å². The van der Waals surface area contributed by atoms with Crippen LogP contribution in [0.5, 0.6) is 0 Å². The van der Waals surface area contributed by atoms with Gasteiger partial charge in [-0.15, -0.1) is 0 Å². The van der Waals surface area contributed by atoms with E-state index < -0.39 is 33.3 Å². The lowest BCUT2D eigenvalue weighted by Gasteiger charge is -2.34. The number of sulfone groups is 1. The molecular formula is C21H21FN4O6S. The van der Waals surface area contributed by atoms with Gasteiger partial charge >= 0.3 is 5.97 Å². The summed E-state index contributed by atoms with van der Waals surface area (Å²) in [6.45, 7) is 1.75. The van der Waals surface area contributed by atoms with Crippen LogP contribution < -0.4 is 0 Å². The van der Waals surface area contributed by atoms with Crippen LogP contribution >= 0.6 is 0 Å². The number of methoxy groups -OCH3 is 1. The topological polar surface area (TPSA) is 133 Å². The molecule has 3 aromatic rings. The third kappa shape index (κ3) is 4.63. The Balaban J connectivity index is 1.74. The molecule has 0 amide bonds. The Labute approximate surface area is 189 Å². The fourth-order valence-electron chi connectivity index (χ4n) is 3.30. The maximum Gasteiger partial charge on any atom is 0.316 e. The van der Waals surface area contributed by atoms with E-state index in [2.05, 4.69) is 19.9 Å². The van der Waals surface area contributed by atoms with E-state index in [1.54, 1.807) is 6.92 Å². The van der Waals surface area contributed by atoms with Crippen molar-refractivity contribution in [3.8, 4) is 22.6 Å². The predicted octanol–water partition coefficient (Wildman–Crippen LogP) is 2.30. The Kier molecular flexibility index (Phi) is 5.99. The lowest BCUT2D eigenvalue weighted by Crippen LogP contribution is -2.43. The lowest BCUT2D eigenvalue weighted by molar-refractivity contribution is -0.237. The zero-order chi connectivity index (χ0) is 23.8. The van der Waals surface area contributed by atoms with Crippen molar-refractivity contribution in [1.29, 1.82) is 0 Å². The summed E-state index contributed by atoms with van der Waals surface area (Å²) in [5.74, 6) is -0.600. The van der Waals surface area contributed by atoms with Gasteiger partial charge in [0.05, 0.1) is 37.4 Å². The summed E-state index contributed by atoms with van der Waals surface area (Å²) in [6.07, 6.45) is 1.41. The molecule has 1 aromatic carbocycles. The quantitative estimate of drug-likeness (QED) is 0.435. The first kappa shape index (κ1) is 23.0. The average molecular weight is 476 g/mol. The Morgan fingerprint density at radius 1 is 1.18 bits per heavy atom. The van der Waals surface area contributed by atoms with Gasteiger partial charge in [0.1, 0.15) is 11.2 Å². The second-order valence-electron chi connectivity index (χ2n) is 7.86. The van der Waals surface area contributed by atoms with E-state index >= 15 is 0 Å². The van der Waals surface area contributed by atoms with Crippen LogP contribution in [0.25, 0.3) is 22.6 Å². The minimum absolute atomic E-state index is 0.0397. The molecule has 0 unspecified atom stereocenters. The number of carbonyl (C=O) groups excluding carboxylic acids is 1. The molecule has 0 spiro atoms. The van der Waals surface area contributed by atoms with Crippen LogP contribution in [-0.2, 0) is 28.8 Å². The number of ether oxygens (including phenoxy) is 3. The van der Waals surface area contributed by atoms with Crippen molar-refractivity contribution >= 4 is 15.8 Å². The number of nitrogens with one attached hydrogen (secondary N) is 1. The van der Waals surface area contributed by atoms with Crippen LogP contribution in [0.2, 0.25) is 0 Å². The van der Waals surface area contributed by atoms with Crippen LogP contribution in [-0.4, -0.2) is 60.9 Å². The van der Waals surface area contributed by atoms with Crippen molar-refractivity contribution in [2.75, 3.05) is 26.6 Å². The first-order chi connectivity index (χ1) is 15.6. The van der Waals surface area contributed by atoms with Crippen LogP contribution in [0.1, 0.15) is 19.0 Å². The summed E-state index contributed by atoms with van der Waals surface area (Å²) < 4.78 is 53.6. The maximum atomic E-state index is 13.5. The van der Waals surface area contributed by atoms with Crippen LogP contribution in [0.4, 0.5) is 4.39 Å². The van der Waals surface area contributed by atoms with Crippen molar-refractivity contribution in [2.24, 2.45) is 5.41 Å². The smallest absolute Gasteiger partial charge is 0.316 e. The second-order valence-corrected chi connectivity index (χ2v) is 9.76.